The second kappa shape index (κ2) is 9.74. The highest BCUT2D eigenvalue weighted by Gasteiger charge is 2.28. The summed E-state index contributed by atoms with van der Waals surface area (Å²) in [5, 5.41) is 0. The Labute approximate surface area is 169 Å². The number of methoxy groups -OCH3 is 1. The third kappa shape index (κ3) is 4.93. The number of aryl methyl sites for hydroxylation is 1. The molecule has 0 aromatic heterocycles. The number of piperidine rings is 1. The first-order chi connectivity index (χ1) is 13.6. The molecule has 0 bridgehead atoms. The van der Waals surface area contributed by atoms with Gasteiger partial charge in [-0.25, -0.2) is 0 Å². The second-order valence-corrected chi connectivity index (χ2v) is 7.49. The number of hydrogen-bond donors (Lipinski definition) is 0. The first-order valence-corrected chi connectivity index (χ1v) is 10.4. The molecule has 0 aliphatic carbocycles. The predicted molar refractivity (Wildman–Crippen MR) is 115 cm³/mol. The molecule has 2 aromatic carbocycles. The molecule has 1 amide bonds. The van der Waals surface area contributed by atoms with Crippen molar-refractivity contribution in [3.63, 3.8) is 0 Å². The first-order valence-electron chi connectivity index (χ1n) is 10.4. The molecule has 4 nitrogen and oxygen atoms in total. The fraction of sp³-hybridized carbons (Fsp3) is 0.458. The van der Waals surface area contributed by atoms with Crippen molar-refractivity contribution in [1.82, 2.24) is 4.90 Å². The number of amides is 1. The summed E-state index contributed by atoms with van der Waals surface area (Å²) in [7, 11) is 1.69. The van der Waals surface area contributed by atoms with Crippen molar-refractivity contribution < 1.29 is 9.53 Å². The Hall–Kier alpha value is -2.33. The topological polar surface area (TPSA) is 32.8 Å². The van der Waals surface area contributed by atoms with E-state index in [1.54, 1.807) is 7.11 Å². The van der Waals surface area contributed by atoms with Gasteiger partial charge in [0.2, 0.25) is 5.91 Å². The average Bonchev–Trinajstić information content (AvgIpc) is 2.76. The smallest absolute Gasteiger partial charge is 0.226 e. The Balaban J connectivity index is 1.63. The van der Waals surface area contributed by atoms with Gasteiger partial charge in [0.25, 0.3) is 0 Å². The Morgan fingerprint density at radius 3 is 2.14 bits per heavy atom. The van der Waals surface area contributed by atoms with E-state index in [0.29, 0.717) is 6.42 Å². The van der Waals surface area contributed by atoms with Crippen LogP contribution in [0.5, 0.6) is 5.75 Å². The predicted octanol–water partition coefficient (Wildman–Crippen LogP) is 4.67. The Morgan fingerprint density at radius 2 is 1.61 bits per heavy atom. The van der Waals surface area contributed by atoms with Gasteiger partial charge >= 0.3 is 0 Å². The Bertz CT molecular complexity index is 747. The van der Waals surface area contributed by atoms with Gasteiger partial charge in [-0.1, -0.05) is 38.1 Å². The van der Waals surface area contributed by atoms with Crippen LogP contribution in [0.1, 0.15) is 44.2 Å². The molecule has 1 aliphatic rings. The average molecular weight is 381 g/mol. The number of hydrogen-bond acceptors (Lipinski definition) is 3. The van der Waals surface area contributed by atoms with E-state index in [1.165, 1.54) is 11.1 Å². The lowest BCUT2D eigenvalue weighted by atomic mass is 10.0. The van der Waals surface area contributed by atoms with Crippen LogP contribution in [-0.2, 0) is 17.8 Å². The van der Waals surface area contributed by atoms with E-state index >= 15 is 0 Å². The maximum atomic E-state index is 12.7. The van der Waals surface area contributed by atoms with Gasteiger partial charge in [0.1, 0.15) is 5.75 Å². The molecule has 1 fully saturated rings. The van der Waals surface area contributed by atoms with Crippen molar-refractivity contribution in [1.29, 1.82) is 0 Å². The summed E-state index contributed by atoms with van der Waals surface area (Å²) in [5.74, 6) is 1.11. The van der Waals surface area contributed by atoms with Gasteiger partial charge in [0, 0.05) is 37.8 Å². The van der Waals surface area contributed by atoms with Crippen LogP contribution in [0, 0.1) is 0 Å². The summed E-state index contributed by atoms with van der Waals surface area (Å²) in [6.45, 7) is 7.08. The number of anilines is 1. The van der Waals surface area contributed by atoms with Gasteiger partial charge in [0.05, 0.1) is 7.11 Å². The molecule has 1 aliphatic heterocycles. The molecule has 0 saturated carbocycles. The van der Waals surface area contributed by atoms with Crippen LogP contribution in [0.25, 0.3) is 0 Å². The molecule has 0 spiro atoms. The third-order valence-electron chi connectivity index (χ3n) is 5.68. The summed E-state index contributed by atoms with van der Waals surface area (Å²) in [5.41, 5.74) is 3.65. The fourth-order valence-corrected chi connectivity index (χ4v) is 3.95. The van der Waals surface area contributed by atoms with E-state index in [0.717, 1.165) is 50.3 Å². The highest BCUT2D eigenvalue weighted by atomic mass is 16.5. The Morgan fingerprint density at radius 1 is 1.00 bits per heavy atom. The van der Waals surface area contributed by atoms with Crippen LogP contribution in [-0.4, -0.2) is 37.0 Å². The normalized spacial score (nSPS) is 15.4. The lowest BCUT2D eigenvalue weighted by Crippen LogP contribution is -2.47. The molecule has 1 heterocycles. The maximum absolute atomic E-state index is 12.7. The maximum Gasteiger partial charge on any atom is 0.226 e. The van der Waals surface area contributed by atoms with E-state index in [4.69, 9.17) is 4.74 Å². The van der Waals surface area contributed by atoms with Gasteiger partial charge in [-0.2, -0.15) is 0 Å². The van der Waals surface area contributed by atoms with Crippen LogP contribution in [0.2, 0.25) is 0 Å². The monoisotopic (exact) mass is 380 g/mol. The molecule has 150 valence electrons. The lowest BCUT2D eigenvalue weighted by Gasteiger charge is -2.38. The van der Waals surface area contributed by atoms with Crippen molar-refractivity contribution in [3.05, 3.63) is 59.7 Å². The van der Waals surface area contributed by atoms with E-state index in [-0.39, 0.29) is 11.9 Å². The molecular formula is C24H32N2O2. The zero-order chi connectivity index (χ0) is 19.9. The van der Waals surface area contributed by atoms with E-state index in [1.807, 2.05) is 24.0 Å². The second-order valence-electron chi connectivity index (χ2n) is 7.49. The van der Waals surface area contributed by atoms with Crippen molar-refractivity contribution in [2.24, 2.45) is 0 Å². The van der Waals surface area contributed by atoms with Crippen LogP contribution in [0.3, 0.4) is 0 Å². The standard InChI is InChI=1S/C24H32N2O2/c1-4-19-6-10-21(11-7-19)26(24(27)5-2)22-14-16-25(17-15-22)18-20-8-12-23(28-3)13-9-20/h6-13,22H,4-5,14-18H2,1-3H3. The van der Waals surface area contributed by atoms with Crippen molar-refractivity contribution in [3.8, 4) is 5.75 Å². The van der Waals surface area contributed by atoms with Gasteiger partial charge in [-0.15, -0.1) is 0 Å². The number of likely N-dealkylation sites (tertiary alicyclic amines) is 1. The number of rotatable bonds is 7. The zero-order valence-electron chi connectivity index (χ0n) is 17.4. The summed E-state index contributed by atoms with van der Waals surface area (Å²) < 4.78 is 5.24. The van der Waals surface area contributed by atoms with Crippen LogP contribution < -0.4 is 9.64 Å². The quantitative estimate of drug-likeness (QED) is 0.700. The minimum absolute atomic E-state index is 0.220. The van der Waals surface area contributed by atoms with Gasteiger partial charge < -0.3 is 9.64 Å². The molecule has 3 rings (SSSR count). The highest BCUT2D eigenvalue weighted by molar-refractivity contribution is 5.93. The van der Waals surface area contributed by atoms with Gasteiger partial charge in [-0.3, -0.25) is 9.69 Å². The first kappa shape index (κ1) is 20.4. The zero-order valence-corrected chi connectivity index (χ0v) is 17.4. The van der Waals surface area contributed by atoms with Crippen LogP contribution in [0.4, 0.5) is 5.69 Å². The fourth-order valence-electron chi connectivity index (χ4n) is 3.95. The van der Waals surface area contributed by atoms with E-state index < -0.39 is 0 Å². The molecular weight excluding hydrogens is 348 g/mol. The lowest BCUT2D eigenvalue weighted by molar-refractivity contribution is -0.119. The third-order valence-corrected chi connectivity index (χ3v) is 5.68. The highest BCUT2D eigenvalue weighted by Crippen LogP contribution is 2.26. The number of benzene rings is 2. The van der Waals surface area contributed by atoms with Gasteiger partial charge in [0.15, 0.2) is 0 Å². The van der Waals surface area contributed by atoms with Crippen molar-refractivity contribution in [2.75, 3.05) is 25.1 Å². The summed E-state index contributed by atoms with van der Waals surface area (Å²) in [6, 6.07) is 17.1. The number of nitrogens with zero attached hydrogens (tertiary/aromatic N) is 2. The molecule has 0 radical (unpaired) electrons. The molecule has 2 aromatic rings. The minimum atomic E-state index is 0.220. The van der Waals surface area contributed by atoms with E-state index in [2.05, 4.69) is 48.2 Å². The minimum Gasteiger partial charge on any atom is -0.497 e. The summed E-state index contributed by atoms with van der Waals surface area (Å²) in [4.78, 5) is 17.2. The van der Waals surface area contributed by atoms with Crippen molar-refractivity contribution >= 4 is 11.6 Å². The SMILES string of the molecule is CCC(=O)N(c1ccc(CC)cc1)C1CCN(Cc2ccc(OC)cc2)CC1. The number of carbonyl (C=O) groups is 1. The summed E-state index contributed by atoms with van der Waals surface area (Å²) in [6.07, 6.45) is 3.59. The van der Waals surface area contributed by atoms with Crippen LogP contribution in [0.15, 0.2) is 48.5 Å². The molecule has 0 unspecified atom stereocenters. The molecule has 28 heavy (non-hydrogen) atoms. The number of carbonyl (C=O) groups excluding carboxylic acids is 1. The van der Waals surface area contributed by atoms with Crippen molar-refractivity contribution in [2.45, 2.75) is 52.1 Å². The molecule has 4 heteroatoms. The number of ether oxygens (including phenoxy) is 1. The Kier molecular flexibility index (Phi) is 7.10. The van der Waals surface area contributed by atoms with Crippen LogP contribution >= 0.6 is 0 Å². The van der Waals surface area contributed by atoms with E-state index in [9.17, 15) is 4.79 Å². The van der Waals surface area contributed by atoms with Gasteiger partial charge in [-0.05, 0) is 54.7 Å². The summed E-state index contributed by atoms with van der Waals surface area (Å²) >= 11 is 0. The molecule has 0 N–H and O–H groups in total. The molecule has 1 saturated heterocycles. The molecule has 0 atom stereocenters. The largest absolute Gasteiger partial charge is 0.497 e.